The van der Waals surface area contributed by atoms with Crippen LogP contribution in [-0.4, -0.2) is 36.3 Å². The average molecular weight is 266 g/mol. The van der Waals surface area contributed by atoms with Crippen molar-refractivity contribution in [3.8, 4) is 0 Å². The number of carbonyl (C=O) groups excluding carboxylic acids is 1. The first-order chi connectivity index (χ1) is 9.00. The van der Waals surface area contributed by atoms with Gasteiger partial charge in [-0.3, -0.25) is 0 Å². The molecule has 1 aromatic heterocycles. The van der Waals surface area contributed by atoms with Crippen LogP contribution in [0.15, 0.2) is 18.3 Å². The number of hydrogen-bond donors (Lipinski definition) is 2. The molecule has 0 saturated heterocycles. The van der Waals surface area contributed by atoms with E-state index in [1.165, 1.54) is 7.11 Å². The third-order valence-corrected chi connectivity index (χ3v) is 2.96. The zero-order valence-corrected chi connectivity index (χ0v) is 11.8. The summed E-state index contributed by atoms with van der Waals surface area (Å²) in [5.41, 5.74) is 0.455. The van der Waals surface area contributed by atoms with Crippen LogP contribution in [0.2, 0.25) is 0 Å². The number of ether oxygens (including phenoxy) is 1. The van der Waals surface area contributed by atoms with Gasteiger partial charge in [0.1, 0.15) is 11.4 Å². The van der Waals surface area contributed by atoms with Crippen LogP contribution >= 0.6 is 0 Å². The molecule has 0 radical (unpaired) electrons. The predicted molar refractivity (Wildman–Crippen MR) is 74.2 cm³/mol. The van der Waals surface area contributed by atoms with E-state index in [1.807, 2.05) is 0 Å². The standard InChI is InChI=1S/C14H22N2O3/c1-14(2,7-5-9-17)10-16-12-11(13(18)19-3)6-4-8-15-12/h4,6,8,17H,5,7,9-10H2,1-3H3,(H,15,16). The van der Waals surface area contributed by atoms with Gasteiger partial charge in [-0.2, -0.15) is 0 Å². The molecular weight excluding hydrogens is 244 g/mol. The molecule has 1 heterocycles. The third kappa shape index (κ3) is 4.87. The minimum atomic E-state index is -0.399. The Morgan fingerprint density at radius 2 is 2.26 bits per heavy atom. The minimum absolute atomic E-state index is 0.0215. The van der Waals surface area contributed by atoms with Crippen LogP contribution < -0.4 is 5.32 Å². The number of methoxy groups -OCH3 is 1. The maximum absolute atomic E-state index is 11.6. The van der Waals surface area contributed by atoms with E-state index >= 15 is 0 Å². The molecule has 0 amide bonds. The van der Waals surface area contributed by atoms with Gasteiger partial charge in [-0.25, -0.2) is 9.78 Å². The highest BCUT2D eigenvalue weighted by molar-refractivity contribution is 5.94. The Balaban J connectivity index is 2.69. The Morgan fingerprint density at radius 1 is 1.53 bits per heavy atom. The summed E-state index contributed by atoms with van der Waals surface area (Å²) < 4.78 is 4.72. The molecule has 1 aromatic rings. The van der Waals surface area contributed by atoms with Gasteiger partial charge in [0, 0.05) is 19.3 Å². The van der Waals surface area contributed by atoms with Crippen molar-refractivity contribution >= 4 is 11.8 Å². The molecule has 0 bridgehead atoms. The first kappa shape index (κ1) is 15.4. The molecule has 1 rings (SSSR count). The van der Waals surface area contributed by atoms with E-state index in [4.69, 9.17) is 9.84 Å². The van der Waals surface area contributed by atoms with Crippen molar-refractivity contribution in [1.82, 2.24) is 4.98 Å². The monoisotopic (exact) mass is 266 g/mol. The predicted octanol–water partition coefficient (Wildman–Crippen LogP) is 2.08. The second-order valence-electron chi connectivity index (χ2n) is 5.24. The lowest BCUT2D eigenvalue weighted by Crippen LogP contribution is -2.24. The molecule has 5 heteroatoms. The summed E-state index contributed by atoms with van der Waals surface area (Å²) in [6.07, 6.45) is 3.30. The molecule has 0 aromatic carbocycles. The van der Waals surface area contributed by atoms with Gasteiger partial charge < -0.3 is 15.2 Å². The molecule has 0 aliphatic heterocycles. The summed E-state index contributed by atoms with van der Waals surface area (Å²) in [5, 5.41) is 12.1. The summed E-state index contributed by atoms with van der Waals surface area (Å²) >= 11 is 0. The van der Waals surface area contributed by atoms with E-state index < -0.39 is 5.97 Å². The number of aliphatic hydroxyl groups excluding tert-OH is 1. The lowest BCUT2D eigenvalue weighted by atomic mass is 9.88. The lowest BCUT2D eigenvalue weighted by Gasteiger charge is -2.25. The lowest BCUT2D eigenvalue weighted by molar-refractivity contribution is 0.0601. The first-order valence-corrected chi connectivity index (χ1v) is 6.38. The number of aliphatic hydroxyl groups is 1. The maximum Gasteiger partial charge on any atom is 0.341 e. The largest absolute Gasteiger partial charge is 0.465 e. The summed E-state index contributed by atoms with van der Waals surface area (Å²) in [6.45, 7) is 5.08. The van der Waals surface area contributed by atoms with Crippen LogP contribution in [0.4, 0.5) is 5.82 Å². The molecule has 2 N–H and O–H groups in total. The van der Waals surface area contributed by atoms with Crippen molar-refractivity contribution in [1.29, 1.82) is 0 Å². The van der Waals surface area contributed by atoms with E-state index in [1.54, 1.807) is 18.3 Å². The molecule has 0 unspecified atom stereocenters. The molecule has 0 saturated carbocycles. The number of nitrogens with zero attached hydrogens (tertiary/aromatic N) is 1. The van der Waals surface area contributed by atoms with Crippen LogP contribution in [0, 0.1) is 5.41 Å². The van der Waals surface area contributed by atoms with Crippen LogP contribution in [-0.2, 0) is 4.74 Å². The molecule has 19 heavy (non-hydrogen) atoms. The number of pyridine rings is 1. The zero-order valence-electron chi connectivity index (χ0n) is 11.8. The number of carbonyl (C=O) groups is 1. The maximum atomic E-state index is 11.6. The molecule has 0 spiro atoms. The fraction of sp³-hybridized carbons (Fsp3) is 0.571. The van der Waals surface area contributed by atoms with Crippen molar-refractivity contribution in [3.05, 3.63) is 23.9 Å². The van der Waals surface area contributed by atoms with Gasteiger partial charge in [0.05, 0.1) is 7.11 Å². The second kappa shape index (κ2) is 7.09. The van der Waals surface area contributed by atoms with Crippen LogP contribution in [0.1, 0.15) is 37.0 Å². The van der Waals surface area contributed by atoms with Gasteiger partial charge in [0.25, 0.3) is 0 Å². The van der Waals surface area contributed by atoms with E-state index in [2.05, 4.69) is 24.1 Å². The fourth-order valence-corrected chi connectivity index (χ4v) is 1.79. The third-order valence-electron chi connectivity index (χ3n) is 2.96. The number of nitrogens with one attached hydrogen (secondary N) is 1. The number of hydrogen-bond acceptors (Lipinski definition) is 5. The van der Waals surface area contributed by atoms with Crippen LogP contribution in [0.25, 0.3) is 0 Å². The van der Waals surface area contributed by atoms with Crippen molar-refractivity contribution in [2.24, 2.45) is 5.41 Å². The van der Waals surface area contributed by atoms with Crippen molar-refractivity contribution in [2.75, 3.05) is 25.6 Å². The Labute approximate surface area is 114 Å². The summed E-state index contributed by atoms with van der Waals surface area (Å²) in [7, 11) is 1.35. The summed E-state index contributed by atoms with van der Waals surface area (Å²) in [6, 6.07) is 3.39. The smallest absolute Gasteiger partial charge is 0.341 e. The van der Waals surface area contributed by atoms with E-state index in [9.17, 15) is 4.79 Å². The first-order valence-electron chi connectivity index (χ1n) is 6.38. The Hall–Kier alpha value is -1.62. The van der Waals surface area contributed by atoms with E-state index in [0.29, 0.717) is 17.9 Å². The number of aromatic nitrogens is 1. The Kier molecular flexibility index (Phi) is 5.76. The SMILES string of the molecule is COC(=O)c1cccnc1NCC(C)(C)CCCO. The molecule has 0 atom stereocenters. The summed E-state index contributed by atoms with van der Waals surface area (Å²) in [4.78, 5) is 15.8. The molecular formula is C14H22N2O3. The van der Waals surface area contributed by atoms with E-state index in [-0.39, 0.29) is 12.0 Å². The molecule has 5 nitrogen and oxygen atoms in total. The normalized spacial score (nSPS) is 11.2. The Bertz CT molecular complexity index is 419. The second-order valence-corrected chi connectivity index (χ2v) is 5.24. The molecule has 0 aliphatic carbocycles. The van der Waals surface area contributed by atoms with Gasteiger partial charge in [-0.15, -0.1) is 0 Å². The van der Waals surface area contributed by atoms with Gasteiger partial charge in [-0.05, 0) is 30.4 Å². The number of rotatable bonds is 7. The number of anilines is 1. The van der Waals surface area contributed by atoms with Gasteiger partial charge in [0.15, 0.2) is 0 Å². The minimum Gasteiger partial charge on any atom is -0.465 e. The zero-order chi connectivity index (χ0) is 14.3. The highest BCUT2D eigenvalue weighted by Gasteiger charge is 2.19. The highest BCUT2D eigenvalue weighted by atomic mass is 16.5. The molecule has 0 aliphatic rings. The van der Waals surface area contributed by atoms with Crippen LogP contribution in [0.5, 0.6) is 0 Å². The molecule has 0 fully saturated rings. The van der Waals surface area contributed by atoms with Crippen molar-refractivity contribution in [3.63, 3.8) is 0 Å². The molecule has 106 valence electrons. The van der Waals surface area contributed by atoms with Gasteiger partial charge >= 0.3 is 5.97 Å². The van der Waals surface area contributed by atoms with Crippen molar-refractivity contribution in [2.45, 2.75) is 26.7 Å². The van der Waals surface area contributed by atoms with Crippen LogP contribution in [0.3, 0.4) is 0 Å². The highest BCUT2D eigenvalue weighted by Crippen LogP contribution is 2.23. The number of esters is 1. The average Bonchev–Trinajstić information content (AvgIpc) is 2.42. The van der Waals surface area contributed by atoms with Gasteiger partial charge in [0.2, 0.25) is 0 Å². The fourth-order valence-electron chi connectivity index (χ4n) is 1.79. The van der Waals surface area contributed by atoms with E-state index in [0.717, 1.165) is 12.8 Å². The quantitative estimate of drug-likeness (QED) is 0.739. The van der Waals surface area contributed by atoms with Crippen molar-refractivity contribution < 1.29 is 14.6 Å². The Morgan fingerprint density at radius 3 is 2.89 bits per heavy atom. The van der Waals surface area contributed by atoms with Gasteiger partial charge in [-0.1, -0.05) is 13.8 Å². The summed E-state index contributed by atoms with van der Waals surface area (Å²) in [5.74, 6) is 0.134. The topological polar surface area (TPSA) is 71.5 Å².